The monoisotopic (exact) mass is 168 g/mol. The Hall–Kier alpha value is -1.45. The van der Waals surface area contributed by atoms with E-state index in [0.717, 1.165) is 6.07 Å². The number of carbonyl (C=O) groups excluding carboxylic acids is 1. The van der Waals surface area contributed by atoms with Crippen LogP contribution in [0.4, 0.5) is 14.5 Å². The van der Waals surface area contributed by atoms with Crippen LogP contribution in [-0.2, 0) is 10.7 Å². The van der Waals surface area contributed by atoms with Gasteiger partial charge in [-0.15, -0.1) is 0 Å². The van der Waals surface area contributed by atoms with Gasteiger partial charge in [0, 0.05) is 0 Å². The van der Waals surface area contributed by atoms with Crippen LogP contribution in [0.5, 0.6) is 0 Å². The largest absolute Gasteiger partial charge is 0.352 e. The Kier molecular flexibility index (Phi) is 1.22. The van der Waals surface area contributed by atoms with Crippen LogP contribution in [0.25, 0.3) is 0 Å². The molecule has 4 heteroatoms. The average molecular weight is 168 g/mol. The van der Waals surface area contributed by atoms with Gasteiger partial charge in [-0.3, -0.25) is 4.79 Å². The lowest BCUT2D eigenvalue weighted by Gasteiger charge is -2.04. The van der Waals surface area contributed by atoms with E-state index >= 15 is 0 Å². The summed E-state index contributed by atoms with van der Waals surface area (Å²) in [4.78, 5) is 10.7. The number of halogens is 2. The van der Waals surface area contributed by atoms with E-state index in [1.165, 1.54) is 12.1 Å². The highest BCUT2D eigenvalue weighted by molar-refractivity contribution is 6.03. The third-order valence-electron chi connectivity index (χ3n) is 1.74. The van der Waals surface area contributed by atoms with Gasteiger partial charge in [0.15, 0.2) is 0 Å². The van der Waals surface area contributed by atoms with Gasteiger partial charge in [0.2, 0.25) is 0 Å². The van der Waals surface area contributed by atoms with Gasteiger partial charge >= 0.3 is 5.92 Å². The molecule has 12 heavy (non-hydrogen) atoms. The predicted molar refractivity (Wildman–Crippen MR) is 37.8 cm³/mol. The lowest BCUT2D eigenvalue weighted by Crippen LogP contribution is -2.23. The lowest BCUT2D eigenvalue weighted by atomic mass is 10.1. The van der Waals surface area contributed by atoms with Gasteiger partial charge in [-0.05, 0) is 18.2 Å². The van der Waals surface area contributed by atoms with Crippen molar-refractivity contribution in [2.75, 3.05) is 5.32 Å². The van der Waals surface area contributed by atoms with Gasteiger partial charge in [-0.1, -0.05) is 6.07 Å². The van der Waals surface area contributed by atoms with E-state index in [4.69, 9.17) is 0 Å². The first-order chi connectivity index (χ1) is 5.62. The average Bonchev–Trinajstić information content (AvgIpc) is 2.25. The summed E-state index contributed by atoms with van der Waals surface area (Å²) in [6, 6.07) is 6.48. The lowest BCUT2D eigenvalue weighted by molar-refractivity contribution is -0.139. The van der Waals surface area contributed by atoms with Crippen LogP contribution in [0, 0.1) is 6.07 Å². The van der Waals surface area contributed by atoms with E-state index in [0.29, 0.717) is 0 Å². The topological polar surface area (TPSA) is 29.1 Å². The van der Waals surface area contributed by atoms with E-state index in [9.17, 15) is 13.6 Å². The highest BCUT2D eigenvalue weighted by atomic mass is 19.3. The maximum Gasteiger partial charge on any atom is 0.352 e. The Morgan fingerprint density at radius 3 is 2.92 bits per heavy atom. The molecule has 1 heterocycles. The molecule has 0 unspecified atom stereocenters. The number of alkyl halides is 2. The third kappa shape index (κ3) is 0.747. The molecule has 0 aromatic heterocycles. The van der Waals surface area contributed by atoms with Crippen LogP contribution in [-0.4, -0.2) is 5.91 Å². The van der Waals surface area contributed by atoms with Gasteiger partial charge in [0.25, 0.3) is 5.91 Å². The van der Waals surface area contributed by atoms with Gasteiger partial charge < -0.3 is 5.32 Å². The Morgan fingerprint density at radius 2 is 2.25 bits per heavy atom. The van der Waals surface area contributed by atoms with Gasteiger partial charge in [0.1, 0.15) is 0 Å². The molecular formula is C8H4F2NO. The van der Waals surface area contributed by atoms with Crippen LogP contribution in [0.2, 0.25) is 0 Å². The molecule has 1 aliphatic heterocycles. The fourth-order valence-corrected chi connectivity index (χ4v) is 1.12. The summed E-state index contributed by atoms with van der Waals surface area (Å²) in [5.41, 5.74) is -0.126. The van der Waals surface area contributed by atoms with E-state index in [1.54, 1.807) is 0 Å². The van der Waals surface area contributed by atoms with Gasteiger partial charge in [0.05, 0.1) is 11.3 Å². The van der Waals surface area contributed by atoms with Crippen molar-refractivity contribution < 1.29 is 13.6 Å². The number of benzene rings is 1. The maximum absolute atomic E-state index is 12.9. The first kappa shape index (κ1) is 7.21. The van der Waals surface area contributed by atoms with Gasteiger partial charge in [-0.25, -0.2) is 0 Å². The first-order valence-corrected chi connectivity index (χ1v) is 3.32. The van der Waals surface area contributed by atoms with E-state index in [2.05, 4.69) is 11.4 Å². The number of hydrogen-bond donors (Lipinski definition) is 1. The summed E-state index contributed by atoms with van der Waals surface area (Å²) in [7, 11) is 0. The van der Waals surface area contributed by atoms with Crippen LogP contribution in [0.15, 0.2) is 18.2 Å². The molecule has 2 nitrogen and oxygen atoms in total. The highest BCUT2D eigenvalue weighted by Gasteiger charge is 2.47. The quantitative estimate of drug-likeness (QED) is 0.625. The predicted octanol–water partition coefficient (Wildman–Crippen LogP) is 1.53. The minimum Gasteiger partial charge on any atom is -0.320 e. The summed E-state index contributed by atoms with van der Waals surface area (Å²) >= 11 is 0. The highest BCUT2D eigenvalue weighted by Crippen LogP contribution is 2.39. The molecule has 0 spiro atoms. The minimum atomic E-state index is -3.40. The molecule has 1 aromatic carbocycles. The molecule has 61 valence electrons. The fourth-order valence-electron chi connectivity index (χ4n) is 1.12. The molecule has 1 aromatic rings. The van der Waals surface area contributed by atoms with Crippen molar-refractivity contribution >= 4 is 11.6 Å². The molecule has 1 radical (unpaired) electrons. The van der Waals surface area contributed by atoms with Crippen molar-refractivity contribution in [1.29, 1.82) is 0 Å². The zero-order valence-corrected chi connectivity index (χ0v) is 5.90. The smallest absolute Gasteiger partial charge is 0.320 e. The molecular weight excluding hydrogens is 164 g/mol. The molecule has 2 rings (SSSR count). The number of fused-ring (bicyclic) bond motifs is 1. The standard InChI is InChI=1S/C8H4F2NO/c9-8(10)5-3-1-2-4-6(5)11-7(8)12/h2-4H,(H,11,12). The zero-order valence-electron chi connectivity index (χ0n) is 5.90. The number of hydrogen-bond acceptors (Lipinski definition) is 1. The number of amides is 1. The molecule has 0 aliphatic carbocycles. The summed E-state index contributed by atoms with van der Waals surface area (Å²) in [6.45, 7) is 0. The van der Waals surface area contributed by atoms with Crippen molar-refractivity contribution in [3.8, 4) is 0 Å². The van der Waals surface area contributed by atoms with Crippen LogP contribution >= 0.6 is 0 Å². The first-order valence-electron chi connectivity index (χ1n) is 3.32. The summed E-state index contributed by atoms with van der Waals surface area (Å²) in [6.07, 6.45) is 0. The molecule has 1 N–H and O–H groups in total. The van der Waals surface area contributed by atoms with Crippen LogP contribution in [0.3, 0.4) is 0 Å². The third-order valence-corrected chi connectivity index (χ3v) is 1.74. The second kappa shape index (κ2) is 2.03. The number of carbonyl (C=O) groups is 1. The van der Waals surface area contributed by atoms with Crippen molar-refractivity contribution in [2.45, 2.75) is 5.92 Å². The Labute approximate surface area is 67.2 Å². The van der Waals surface area contributed by atoms with Crippen LogP contribution in [0.1, 0.15) is 5.56 Å². The van der Waals surface area contributed by atoms with Crippen molar-refractivity contribution in [3.63, 3.8) is 0 Å². The normalized spacial score (nSPS) is 18.7. The molecule has 0 atom stereocenters. The summed E-state index contributed by atoms with van der Waals surface area (Å²) in [5.74, 6) is -4.66. The minimum absolute atomic E-state index is 0.170. The molecule has 1 aliphatic rings. The molecule has 0 saturated carbocycles. The van der Waals surface area contributed by atoms with E-state index in [-0.39, 0.29) is 11.3 Å². The molecule has 0 fully saturated rings. The van der Waals surface area contributed by atoms with Crippen molar-refractivity contribution in [2.24, 2.45) is 0 Å². The number of anilines is 1. The second-order valence-electron chi connectivity index (χ2n) is 2.50. The Morgan fingerprint density at radius 1 is 1.50 bits per heavy atom. The zero-order chi connectivity index (χ0) is 8.77. The molecule has 0 saturated heterocycles. The van der Waals surface area contributed by atoms with E-state index in [1.807, 2.05) is 0 Å². The number of nitrogens with one attached hydrogen (secondary N) is 1. The summed E-state index contributed by atoms with van der Waals surface area (Å²) in [5, 5.41) is 2.08. The second-order valence-corrected chi connectivity index (χ2v) is 2.50. The fraction of sp³-hybridized carbons (Fsp3) is 0.125. The van der Waals surface area contributed by atoms with Crippen molar-refractivity contribution in [3.05, 3.63) is 29.8 Å². The van der Waals surface area contributed by atoms with Crippen LogP contribution < -0.4 is 5.32 Å². The molecule has 1 amide bonds. The Bertz CT molecular complexity index is 349. The van der Waals surface area contributed by atoms with E-state index < -0.39 is 11.8 Å². The SMILES string of the molecule is O=C1Nc2cc[c]cc2C1(F)F. The maximum atomic E-state index is 12.9. The van der Waals surface area contributed by atoms with Gasteiger partial charge in [-0.2, -0.15) is 8.78 Å². The number of rotatable bonds is 0. The van der Waals surface area contributed by atoms with Crippen molar-refractivity contribution in [1.82, 2.24) is 0 Å². The molecule has 0 bridgehead atoms. The Balaban J connectivity index is 2.63. The summed E-state index contributed by atoms with van der Waals surface area (Å²) < 4.78 is 25.8.